The molecule has 3 nitrogen and oxygen atoms in total. The van der Waals surface area contributed by atoms with Gasteiger partial charge in [0.05, 0.1) is 22.4 Å². The third-order valence-corrected chi connectivity index (χ3v) is 10.4. The average Bonchev–Trinajstić information content (AvgIpc) is 3.27. The quantitative estimate of drug-likeness (QED) is 0.155. The van der Waals surface area contributed by atoms with Gasteiger partial charge in [0, 0.05) is 33.6 Å². The molecule has 0 fully saturated rings. The van der Waals surface area contributed by atoms with Crippen molar-refractivity contribution in [2.75, 3.05) is 4.90 Å². The summed E-state index contributed by atoms with van der Waals surface area (Å²) in [6.45, 7) is 0. The van der Waals surface area contributed by atoms with Crippen LogP contribution in [0.4, 0.5) is 17.1 Å². The molecule has 9 aromatic carbocycles. The van der Waals surface area contributed by atoms with Gasteiger partial charge in [-0.15, -0.1) is 0 Å². The van der Waals surface area contributed by atoms with Crippen molar-refractivity contribution in [3.8, 4) is 44.8 Å². The summed E-state index contributed by atoms with van der Waals surface area (Å²) in [6.07, 6.45) is 0. The van der Waals surface area contributed by atoms with Crippen molar-refractivity contribution in [3.63, 3.8) is 0 Å². The number of anilines is 3. The van der Waals surface area contributed by atoms with Gasteiger partial charge in [-0.25, -0.2) is 9.97 Å². The van der Waals surface area contributed by atoms with Gasteiger partial charge in [0.1, 0.15) is 0 Å². The van der Waals surface area contributed by atoms with Gasteiger partial charge in [-0.1, -0.05) is 158 Å². The molecule has 0 unspecified atom stereocenters. The summed E-state index contributed by atoms with van der Waals surface area (Å²) < 4.78 is 0. The number of para-hydroxylation sites is 2. The largest absolute Gasteiger partial charge is 0.311 e. The smallest absolute Gasteiger partial charge is 0.0979 e. The number of nitrogens with zero attached hydrogens (tertiary/aromatic N) is 3. The van der Waals surface area contributed by atoms with Crippen LogP contribution in [-0.2, 0) is 0 Å². The minimum absolute atomic E-state index is 0.886. The Morgan fingerprint density at radius 2 is 0.782 bits per heavy atom. The van der Waals surface area contributed by atoms with Gasteiger partial charge in [-0.05, 0) is 93.0 Å². The molecule has 0 spiro atoms. The number of benzene rings is 9. The van der Waals surface area contributed by atoms with Crippen LogP contribution < -0.4 is 4.90 Å². The van der Waals surface area contributed by atoms with Gasteiger partial charge in [0.25, 0.3) is 0 Å². The van der Waals surface area contributed by atoms with Crippen molar-refractivity contribution in [3.05, 3.63) is 212 Å². The zero-order valence-corrected chi connectivity index (χ0v) is 30.0. The molecule has 0 aliphatic carbocycles. The summed E-state index contributed by atoms with van der Waals surface area (Å²) in [7, 11) is 0. The first kappa shape index (κ1) is 32.3. The molecule has 1 heterocycles. The van der Waals surface area contributed by atoms with Crippen LogP contribution in [0.5, 0.6) is 0 Å². The number of hydrogen-bond acceptors (Lipinski definition) is 3. The first-order chi connectivity index (χ1) is 27.3. The lowest BCUT2D eigenvalue weighted by atomic mass is 9.94. The fourth-order valence-electron chi connectivity index (χ4n) is 7.72. The molecule has 258 valence electrons. The van der Waals surface area contributed by atoms with E-state index in [9.17, 15) is 0 Å². The lowest BCUT2D eigenvalue weighted by Gasteiger charge is -2.25. The molecule has 0 aliphatic heterocycles. The molecule has 55 heavy (non-hydrogen) atoms. The molecule has 0 amide bonds. The van der Waals surface area contributed by atoms with Crippen LogP contribution >= 0.6 is 0 Å². The maximum Gasteiger partial charge on any atom is 0.0979 e. The molecule has 0 atom stereocenters. The molecule has 0 aliphatic rings. The fraction of sp³-hybridized carbons (Fsp3) is 0. The SMILES string of the molecule is c1ccc(-c2nc3ccc4ccc5cc(-c6cccc(-c7ccc(N(c8ccccc8)c8ccccc8)cc7)c6)ccc5c4c3nc2-c2ccccc2)cc1. The summed E-state index contributed by atoms with van der Waals surface area (Å²) in [4.78, 5) is 13.0. The predicted molar refractivity (Wildman–Crippen MR) is 231 cm³/mol. The average molecular weight is 702 g/mol. The molecular formula is C52H35N3. The summed E-state index contributed by atoms with van der Waals surface area (Å²) in [5.41, 5.74) is 13.7. The Morgan fingerprint density at radius 1 is 0.309 bits per heavy atom. The van der Waals surface area contributed by atoms with Crippen LogP contribution in [0.15, 0.2) is 212 Å². The lowest BCUT2D eigenvalue weighted by molar-refractivity contribution is 1.28. The Bertz CT molecular complexity index is 2900. The first-order valence-corrected chi connectivity index (χ1v) is 18.7. The van der Waals surface area contributed by atoms with Gasteiger partial charge < -0.3 is 4.90 Å². The molecule has 0 bridgehead atoms. The van der Waals surface area contributed by atoms with Crippen LogP contribution in [0.25, 0.3) is 77.3 Å². The molecule has 0 saturated carbocycles. The third-order valence-electron chi connectivity index (χ3n) is 10.4. The van der Waals surface area contributed by atoms with E-state index in [1.165, 1.54) is 33.0 Å². The summed E-state index contributed by atoms with van der Waals surface area (Å²) in [5, 5.41) is 4.61. The Kier molecular flexibility index (Phi) is 8.16. The van der Waals surface area contributed by atoms with Gasteiger partial charge in [-0.2, -0.15) is 0 Å². The van der Waals surface area contributed by atoms with E-state index >= 15 is 0 Å². The Balaban J connectivity index is 1.03. The van der Waals surface area contributed by atoms with E-state index in [2.05, 4.69) is 205 Å². The molecule has 0 radical (unpaired) electrons. The zero-order valence-electron chi connectivity index (χ0n) is 30.0. The van der Waals surface area contributed by atoms with E-state index in [0.29, 0.717) is 0 Å². The maximum atomic E-state index is 5.41. The second kappa shape index (κ2) is 13.9. The number of hydrogen-bond donors (Lipinski definition) is 0. The molecular weight excluding hydrogens is 667 g/mol. The molecule has 1 aromatic heterocycles. The van der Waals surface area contributed by atoms with Crippen LogP contribution in [0.3, 0.4) is 0 Å². The highest BCUT2D eigenvalue weighted by molar-refractivity contribution is 6.19. The van der Waals surface area contributed by atoms with Crippen molar-refractivity contribution in [1.29, 1.82) is 0 Å². The second-order valence-corrected chi connectivity index (χ2v) is 13.8. The normalized spacial score (nSPS) is 11.3. The van der Waals surface area contributed by atoms with Crippen molar-refractivity contribution >= 4 is 49.6 Å². The van der Waals surface area contributed by atoms with Crippen LogP contribution in [0, 0.1) is 0 Å². The van der Waals surface area contributed by atoms with Crippen LogP contribution in [0.2, 0.25) is 0 Å². The lowest BCUT2D eigenvalue weighted by Crippen LogP contribution is -2.09. The van der Waals surface area contributed by atoms with Crippen molar-refractivity contribution in [1.82, 2.24) is 9.97 Å². The van der Waals surface area contributed by atoms with Gasteiger partial charge in [0.15, 0.2) is 0 Å². The summed E-state index contributed by atoms with van der Waals surface area (Å²) in [6, 6.07) is 75.0. The van der Waals surface area contributed by atoms with Gasteiger partial charge in [0.2, 0.25) is 0 Å². The summed E-state index contributed by atoms with van der Waals surface area (Å²) in [5.74, 6) is 0. The third kappa shape index (κ3) is 6.08. The summed E-state index contributed by atoms with van der Waals surface area (Å²) >= 11 is 0. The molecule has 10 rings (SSSR count). The van der Waals surface area contributed by atoms with Crippen LogP contribution in [0.1, 0.15) is 0 Å². The maximum absolute atomic E-state index is 5.41. The van der Waals surface area contributed by atoms with Gasteiger partial charge >= 0.3 is 0 Å². The number of aromatic nitrogens is 2. The molecule has 3 heteroatoms. The Hall–Kier alpha value is -7.36. The first-order valence-electron chi connectivity index (χ1n) is 18.7. The van der Waals surface area contributed by atoms with E-state index in [1.54, 1.807) is 0 Å². The predicted octanol–water partition coefficient (Wildman–Crippen LogP) is 14.1. The second-order valence-electron chi connectivity index (χ2n) is 13.8. The van der Waals surface area contributed by atoms with E-state index in [4.69, 9.17) is 9.97 Å². The van der Waals surface area contributed by atoms with Crippen molar-refractivity contribution in [2.45, 2.75) is 0 Å². The highest BCUT2D eigenvalue weighted by Crippen LogP contribution is 2.39. The van der Waals surface area contributed by atoms with Crippen LogP contribution in [-0.4, -0.2) is 9.97 Å². The molecule has 0 saturated heterocycles. The van der Waals surface area contributed by atoms with Crippen molar-refractivity contribution < 1.29 is 0 Å². The van der Waals surface area contributed by atoms with Gasteiger partial charge in [-0.3, -0.25) is 0 Å². The van der Waals surface area contributed by atoms with Crippen molar-refractivity contribution in [2.24, 2.45) is 0 Å². The topological polar surface area (TPSA) is 29.0 Å². The Labute approximate surface area is 320 Å². The highest BCUT2D eigenvalue weighted by atomic mass is 15.1. The zero-order chi connectivity index (χ0) is 36.6. The molecule has 0 N–H and O–H groups in total. The van der Waals surface area contributed by atoms with E-state index < -0.39 is 0 Å². The monoisotopic (exact) mass is 701 g/mol. The Morgan fingerprint density at radius 3 is 1.42 bits per heavy atom. The highest BCUT2D eigenvalue weighted by Gasteiger charge is 2.17. The number of fused-ring (bicyclic) bond motifs is 5. The fourth-order valence-corrected chi connectivity index (χ4v) is 7.72. The number of rotatable bonds is 7. The van der Waals surface area contributed by atoms with E-state index in [0.717, 1.165) is 61.4 Å². The molecule has 10 aromatic rings. The minimum Gasteiger partial charge on any atom is -0.311 e. The van der Waals surface area contributed by atoms with E-state index in [-0.39, 0.29) is 0 Å². The standard InChI is InChI=1S/C52H35N3/c1-5-14-38(15-6-1)50-51(39-16-7-2-8-17-39)54-52-48(53-50)33-29-37-24-25-43-35-42(28-32-47(43)49(37)52)41-19-13-18-40(34-41)36-26-30-46(31-27-36)55(44-20-9-3-10-21-44)45-22-11-4-12-23-45/h1-35H. The van der Waals surface area contributed by atoms with E-state index in [1.807, 2.05) is 12.1 Å². The minimum atomic E-state index is 0.886.